The number of nitrogens with zero attached hydrogens (tertiary/aromatic N) is 3. The van der Waals surface area contributed by atoms with Gasteiger partial charge in [0.15, 0.2) is 0 Å². The van der Waals surface area contributed by atoms with Crippen molar-refractivity contribution in [2.24, 2.45) is 0 Å². The van der Waals surface area contributed by atoms with Crippen molar-refractivity contribution in [1.82, 2.24) is 31.3 Å². The van der Waals surface area contributed by atoms with Gasteiger partial charge in [0.05, 0.1) is 0 Å². The van der Waals surface area contributed by atoms with Crippen LogP contribution in [-0.2, 0) is 19.6 Å². The molecule has 1 aromatic rings. The number of hydrogen-bond donors (Lipinski definition) is 4. The van der Waals surface area contributed by atoms with Gasteiger partial charge in [-0.05, 0) is 17.7 Å². The first kappa shape index (κ1) is 18.8. The Hall–Kier alpha value is -1.22. The largest absolute Gasteiger partial charge is 0.507 e. The van der Waals surface area contributed by atoms with Crippen LogP contribution in [0.1, 0.15) is 16.7 Å². The Bertz CT molecular complexity index is 428. The van der Waals surface area contributed by atoms with Crippen molar-refractivity contribution in [3.05, 3.63) is 28.8 Å². The zero-order chi connectivity index (χ0) is 16.7. The second-order valence-electron chi connectivity index (χ2n) is 5.95. The fourth-order valence-electron chi connectivity index (χ4n) is 1.94. The summed E-state index contributed by atoms with van der Waals surface area (Å²) in [6.45, 7) is 1.89. The standard InChI is InChI=1S/C15H30N6O/c1-19(2)16-9-12-7-13(10-17-20(3)4)15(22)14(8-12)11-18-21(5)6/h7-8,16-18,22H,9-11H2,1-6H3. The molecule has 0 aliphatic rings. The molecule has 0 heterocycles. The lowest BCUT2D eigenvalue weighted by atomic mass is 10.0. The molecule has 0 radical (unpaired) electrons. The molecule has 0 saturated heterocycles. The molecule has 0 spiro atoms. The highest BCUT2D eigenvalue weighted by Crippen LogP contribution is 2.25. The van der Waals surface area contributed by atoms with E-state index in [1.165, 1.54) is 0 Å². The fraction of sp³-hybridized carbons (Fsp3) is 0.600. The topological polar surface area (TPSA) is 66.0 Å². The van der Waals surface area contributed by atoms with Gasteiger partial charge >= 0.3 is 0 Å². The lowest BCUT2D eigenvalue weighted by Crippen LogP contribution is -2.31. The molecule has 0 fully saturated rings. The monoisotopic (exact) mass is 310 g/mol. The van der Waals surface area contributed by atoms with Crippen molar-refractivity contribution in [3.63, 3.8) is 0 Å². The Morgan fingerprint density at radius 3 is 1.45 bits per heavy atom. The lowest BCUT2D eigenvalue weighted by Gasteiger charge is -2.19. The van der Waals surface area contributed by atoms with Crippen LogP contribution < -0.4 is 16.3 Å². The van der Waals surface area contributed by atoms with E-state index in [-0.39, 0.29) is 0 Å². The van der Waals surface area contributed by atoms with Gasteiger partial charge in [-0.1, -0.05) is 0 Å². The van der Waals surface area contributed by atoms with Crippen molar-refractivity contribution >= 4 is 0 Å². The number of phenols is 1. The lowest BCUT2D eigenvalue weighted by molar-refractivity contribution is 0.277. The number of phenolic OH excluding ortho intramolecular Hbond substituents is 1. The minimum absolute atomic E-state index is 0.345. The van der Waals surface area contributed by atoms with E-state index < -0.39 is 0 Å². The Balaban J connectivity index is 2.95. The van der Waals surface area contributed by atoms with Crippen LogP contribution in [0.2, 0.25) is 0 Å². The number of benzene rings is 1. The van der Waals surface area contributed by atoms with Crippen LogP contribution in [0.4, 0.5) is 0 Å². The third kappa shape index (κ3) is 6.69. The molecular weight excluding hydrogens is 280 g/mol. The van der Waals surface area contributed by atoms with Gasteiger partial charge in [-0.2, -0.15) is 0 Å². The molecule has 22 heavy (non-hydrogen) atoms. The minimum Gasteiger partial charge on any atom is -0.507 e. The predicted octanol–water partition coefficient (Wildman–Crippen LogP) is 0.0908. The fourth-order valence-corrected chi connectivity index (χ4v) is 1.94. The van der Waals surface area contributed by atoms with Gasteiger partial charge in [0.1, 0.15) is 5.75 Å². The third-order valence-electron chi connectivity index (χ3n) is 3.10. The molecule has 0 aliphatic carbocycles. The number of hydrazine groups is 3. The summed E-state index contributed by atoms with van der Waals surface area (Å²) in [5, 5.41) is 16.1. The first-order valence-corrected chi connectivity index (χ1v) is 7.35. The molecule has 0 aromatic heterocycles. The van der Waals surface area contributed by atoms with E-state index >= 15 is 0 Å². The third-order valence-corrected chi connectivity index (χ3v) is 3.10. The molecule has 0 unspecified atom stereocenters. The molecule has 0 saturated carbocycles. The maximum atomic E-state index is 10.5. The van der Waals surface area contributed by atoms with Crippen LogP contribution in [-0.4, -0.2) is 62.4 Å². The number of hydrogen-bond acceptors (Lipinski definition) is 7. The van der Waals surface area contributed by atoms with Crippen LogP contribution >= 0.6 is 0 Å². The summed E-state index contributed by atoms with van der Waals surface area (Å²) in [4.78, 5) is 0. The maximum Gasteiger partial charge on any atom is 0.124 e. The molecule has 7 nitrogen and oxygen atoms in total. The molecule has 7 heteroatoms. The Labute approximate surface area is 133 Å². The second kappa shape index (κ2) is 9.04. The van der Waals surface area contributed by atoms with Crippen molar-refractivity contribution in [1.29, 1.82) is 0 Å². The van der Waals surface area contributed by atoms with E-state index in [4.69, 9.17) is 0 Å². The highest BCUT2D eigenvalue weighted by Gasteiger charge is 2.11. The molecular formula is C15H30N6O. The molecule has 4 N–H and O–H groups in total. The smallest absolute Gasteiger partial charge is 0.124 e. The maximum absolute atomic E-state index is 10.5. The second-order valence-corrected chi connectivity index (χ2v) is 5.95. The normalized spacial score (nSPS) is 11.9. The zero-order valence-corrected chi connectivity index (χ0v) is 14.6. The van der Waals surface area contributed by atoms with Crippen LogP contribution in [0.15, 0.2) is 12.1 Å². The molecule has 1 aromatic carbocycles. The van der Waals surface area contributed by atoms with E-state index in [1.807, 2.05) is 69.4 Å². The molecule has 0 bridgehead atoms. The summed E-state index contributed by atoms with van der Waals surface area (Å²) in [5.41, 5.74) is 12.6. The van der Waals surface area contributed by atoms with Gasteiger partial charge in [0.25, 0.3) is 0 Å². The van der Waals surface area contributed by atoms with E-state index in [0.717, 1.165) is 23.2 Å². The van der Waals surface area contributed by atoms with Crippen molar-refractivity contribution < 1.29 is 5.11 Å². The van der Waals surface area contributed by atoms with Gasteiger partial charge in [0.2, 0.25) is 0 Å². The highest BCUT2D eigenvalue weighted by molar-refractivity contribution is 5.43. The zero-order valence-electron chi connectivity index (χ0n) is 14.6. The Morgan fingerprint density at radius 2 is 1.09 bits per heavy atom. The van der Waals surface area contributed by atoms with Crippen LogP contribution in [0, 0.1) is 0 Å². The van der Waals surface area contributed by atoms with E-state index in [2.05, 4.69) is 16.3 Å². The first-order chi connectivity index (χ1) is 10.3. The van der Waals surface area contributed by atoms with E-state index in [1.54, 1.807) is 0 Å². The molecule has 1 rings (SSSR count). The summed E-state index contributed by atoms with van der Waals surface area (Å²) < 4.78 is 0. The summed E-state index contributed by atoms with van der Waals surface area (Å²) in [6, 6.07) is 4.06. The Kier molecular flexibility index (Phi) is 7.74. The molecule has 0 amide bonds. The van der Waals surface area contributed by atoms with Gasteiger partial charge < -0.3 is 5.11 Å². The quantitative estimate of drug-likeness (QED) is 0.482. The summed E-state index contributed by atoms with van der Waals surface area (Å²) in [5.74, 6) is 0.345. The Morgan fingerprint density at radius 1 is 0.727 bits per heavy atom. The first-order valence-electron chi connectivity index (χ1n) is 7.35. The number of nitrogens with one attached hydrogen (secondary N) is 3. The van der Waals surface area contributed by atoms with Gasteiger partial charge in [0, 0.05) is 73.0 Å². The predicted molar refractivity (Wildman–Crippen MR) is 89.7 cm³/mol. The van der Waals surface area contributed by atoms with Crippen LogP contribution in [0.3, 0.4) is 0 Å². The van der Waals surface area contributed by atoms with Crippen LogP contribution in [0.25, 0.3) is 0 Å². The van der Waals surface area contributed by atoms with Crippen molar-refractivity contribution in [2.45, 2.75) is 19.6 Å². The number of rotatable bonds is 9. The van der Waals surface area contributed by atoms with E-state index in [0.29, 0.717) is 18.8 Å². The van der Waals surface area contributed by atoms with Crippen LogP contribution in [0.5, 0.6) is 5.75 Å². The molecule has 0 atom stereocenters. The summed E-state index contributed by atoms with van der Waals surface area (Å²) >= 11 is 0. The van der Waals surface area contributed by atoms with Gasteiger partial charge in [-0.3, -0.25) is 31.3 Å². The van der Waals surface area contributed by atoms with Crippen molar-refractivity contribution in [3.8, 4) is 5.75 Å². The SMILES string of the molecule is CN(C)NCc1cc(CNN(C)C)c(O)c(CNN(C)C)c1. The van der Waals surface area contributed by atoms with E-state index in [9.17, 15) is 5.11 Å². The summed E-state index contributed by atoms with van der Waals surface area (Å²) in [7, 11) is 11.7. The molecule has 0 aliphatic heterocycles. The average molecular weight is 310 g/mol. The van der Waals surface area contributed by atoms with Gasteiger partial charge in [-0.15, -0.1) is 0 Å². The summed E-state index contributed by atoms with van der Waals surface area (Å²) in [6.07, 6.45) is 0. The number of aromatic hydroxyl groups is 1. The average Bonchev–Trinajstić information content (AvgIpc) is 2.42. The minimum atomic E-state index is 0.345. The molecule has 126 valence electrons. The van der Waals surface area contributed by atoms with Crippen molar-refractivity contribution in [2.75, 3.05) is 42.3 Å². The highest BCUT2D eigenvalue weighted by atomic mass is 16.3. The van der Waals surface area contributed by atoms with Gasteiger partial charge in [-0.25, -0.2) is 0 Å².